The number of ether oxygens (including phenoxy) is 1. The number of phenolic OH excluding ortho intramolecular Hbond substituents is 1. The predicted octanol–water partition coefficient (Wildman–Crippen LogP) is 6.57. The van der Waals surface area contributed by atoms with Gasteiger partial charge < -0.3 is 15.2 Å². The zero-order chi connectivity index (χ0) is 26.9. The van der Waals surface area contributed by atoms with E-state index in [4.69, 9.17) is 4.74 Å². The SMILES string of the molecule is CCN(c1cc(F)ccc1C)N1C(=O)C(C)(C)Nc2ccc(-c3ccc(O)cc3OC)cc21.SC1CC1. The maximum atomic E-state index is 14.2. The van der Waals surface area contributed by atoms with Crippen LogP contribution in [-0.2, 0) is 4.79 Å². The topological polar surface area (TPSA) is 65.0 Å². The number of nitrogens with one attached hydrogen (secondary N) is 1. The fraction of sp³-hybridized carbons (Fsp3) is 0.345. The smallest absolute Gasteiger partial charge is 0.270 e. The molecule has 6 nitrogen and oxygen atoms in total. The van der Waals surface area contributed by atoms with Crippen molar-refractivity contribution >= 4 is 35.6 Å². The molecular weight excluding hydrogens is 489 g/mol. The van der Waals surface area contributed by atoms with Crippen LogP contribution in [0.15, 0.2) is 54.6 Å². The van der Waals surface area contributed by atoms with Gasteiger partial charge in [0.1, 0.15) is 22.9 Å². The molecule has 196 valence electrons. The van der Waals surface area contributed by atoms with E-state index in [9.17, 15) is 14.3 Å². The summed E-state index contributed by atoms with van der Waals surface area (Å²) in [5.41, 5.74) is 3.66. The fourth-order valence-electron chi connectivity index (χ4n) is 4.26. The second-order valence-corrected chi connectivity index (χ2v) is 10.6. The number of aromatic hydroxyl groups is 1. The lowest BCUT2D eigenvalue weighted by Crippen LogP contribution is -2.60. The number of hydrazine groups is 1. The molecule has 0 unspecified atom stereocenters. The van der Waals surface area contributed by atoms with Crippen LogP contribution in [0.25, 0.3) is 11.1 Å². The number of amides is 1. The Bertz CT molecular complexity index is 1310. The Morgan fingerprint density at radius 2 is 1.86 bits per heavy atom. The van der Waals surface area contributed by atoms with Crippen LogP contribution >= 0.6 is 12.6 Å². The van der Waals surface area contributed by atoms with E-state index in [-0.39, 0.29) is 17.5 Å². The van der Waals surface area contributed by atoms with Crippen LogP contribution < -0.4 is 20.1 Å². The van der Waals surface area contributed by atoms with Crippen molar-refractivity contribution in [2.75, 3.05) is 29.0 Å². The van der Waals surface area contributed by atoms with Crippen LogP contribution in [0.3, 0.4) is 0 Å². The van der Waals surface area contributed by atoms with Crippen molar-refractivity contribution in [3.05, 3.63) is 66.0 Å². The summed E-state index contributed by atoms with van der Waals surface area (Å²) in [6, 6.07) is 15.3. The van der Waals surface area contributed by atoms with E-state index < -0.39 is 5.54 Å². The van der Waals surface area contributed by atoms with Crippen LogP contribution in [-0.4, -0.2) is 35.5 Å². The van der Waals surface area contributed by atoms with Gasteiger partial charge in [-0.1, -0.05) is 12.1 Å². The van der Waals surface area contributed by atoms with Gasteiger partial charge in [-0.15, -0.1) is 0 Å². The third-order valence-electron chi connectivity index (χ3n) is 6.43. The molecule has 3 aromatic rings. The number of thiol groups is 1. The van der Waals surface area contributed by atoms with Crippen molar-refractivity contribution < 1.29 is 19.0 Å². The standard InChI is InChI=1S/C26H28FN3O3.C3H6S/c1-6-29(22-14-18(27)9-7-16(22)2)30-23-13-17(20-11-10-19(31)15-24(20)33-5)8-12-21(23)28-26(3,4)25(30)32;4-3-1-2-3/h7-15,28,31H,6H2,1-5H3;3-4H,1-2H2. The van der Waals surface area contributed by atoms with Crippen LogP contribution in [0.2, 0.25) is 0 Å². The largest absolute Gasteiger partial charge is 0.508 e. The Morgan fingerprint density at radius 1 is 1.16 bits per heavy atom. The Hall–Kier alpha value is -3.39. The number of rotatable bonds is 5. The highest BCUT2D eigenvalue weighted by molar-refractivity contribution is 7.81. The highest BCUT2D eigenvalue weighted by Gasteiger charge is 2.41. The Morgan fingerprint density at radius 3 is 2.49 bits per heavy atom. The molecule has 1 heterocycles. The molecule has 5 rings (SSSR count). The van der Waals surface area contributed by atoms with Crippen molar-refractivity contribution in [3.63, 3.8) is 0 Å². The summed E-state index contributed by atoms with van der Waals surface area (Å²) in [4.78, 5) is 13.7. The predicted molar refractivity (Wildman–Crippen MR) is 151 cm³/mol. The number of hydrogen-bond acceptors (Lipinski definition) is 6. The minimum Gasteiger partial charge on any atom is -0.508 e. The minimum absolute atomic E-state index is 0.104. The van der Waals surface area contributed by atoms with Gasteiger partial charge in [-0.3, -0.25) is 9.80 Å². The van der Waals surface area contributed by atoms with Gasteiger partial charge in [0, 0.05) is 23.4 Å². The summed E-state index contributed by atoms with van der Waals surface area (Å²) >= 11 is 4.08. The van der Waals surface area contributed by atoms with Crippen molar-refractivity contribution in [1.82, 2.24) is 0 Å². The third-order valence-corrected chi connectivity index (χ3v) is 6.95. The minimum atomic E-state index is -0.862. The van der Waals surface area contributed by atoms with Gasteiger partial charge in [-0.2, -0.15) is 12.6 Å². The molecular formula is C29H34FN3O3S. The maximum Gasteiger partial charge on any atom is 0.270 e. The van der Waals surface area contributed by atoms with E-state index in [0.29, 0.717) is 23.7 Å². The molecule has 1 amide bonds. The highest BCUT2D eigenvalue weighted by atomic mass is 32.1. The molecule has 1 saturated carbocycles. The number of phenols is 1. The third kappa shape index (κ3) is 5.64. The molecule has 37 heavy (non-hydrogen) atoms. The van der Waals surface area contributed by atoms with Gasteiger partial charge >= 0.3 is 0 Å². The number of anilines is 3. The molecule has 3 aromatic carbocycles. The van der Waals surface area contributed by atoms with Crippen LogP contribution in [0.4, 0.5) is 21.5 Å². The average molecular weight is 524 g/mol. The summed E-state index contributed by atoms with van der Waals surface area (Å²) in [6.07, 6.45) is 2.70. The summed E-state index contributed by atoms with van der Waals surface area (Å²) in [7, 11) is 1.54. The number of methoxy groups -OCH3 is 1. The molecule has 1 aliphatic heterocycles. The quantitative estimate of drug-likeness (QED) is 0.330. The lowest BCUT2D eigenvalue weighted by Gasteiger charge is -2.45. The number of nitrogens with zero attached hydrogens (tertiary/aromatic N) is 2. The number of carbonyl (C=O) groups excluding carboxylic acids is 1. The Balaban J connectivity index is 0.000000730. The van der Waals surface area contributed by atoms with Crippen molar-refractivity contribution in [3.8, 4) is 22.6 Å². The zero-order valence-corrected chi connectivity index (χ0v) is 22.8. The Labute approximate surface area is 223 Å². The first-order valence-electron chi connectivity index (χ1n) is 12.4. The molecule has 1 aliphatic carbocycles. The molecule has 0 aromatic heterocycles. The molecule has 0 saturated heterocycles. The van der Waals surface area contributed by atoms with Gasteiger partial charge in [0.05, 0.1) is 24.2 Å². The zero-order valence-electron chi connectivity index (χ0n) is 21.9. The second-order valence-electron chi connectivity index (χ2n) is 9.86. The van der Waals surface area contributed by atoms with Crippen LogP contribution in [0.5, 0.6) is 11.5 Å². The molecule has 2 aliphatic rings. The number of benzene rings is 3. The number of carbonyl (C=O) groups is 1. The van der Waals surface area contributed by atoms with Crippen molar-refractivity contribution in [2.24, 2.45) is 0 Å². The second kappa shape index (κ2) is 10.5. The van der Waals surface area contributed by atoms with Gasteiger partial charge in [0.2, 0.25) is 0 Å². The van der Waals surface area contributed by atoms with Crippen molar-refractivity contribution in [1.29, 1.82) is 0 Å². The van der Waals surface area contributed by atoms with E-state index in [1.165, 1.54) is 25.0 Å². The first kappa shape index (κ1) is 26.7. The molecule has 2 N–H and O–H groups in total. The van der Waals surface area contributed by atoms with Crippen LogP contribution in [0, 0.1) is 12.7 Å². The van der Waals surface area contributed by atoms with Crippen LogP contribution in [0.1, 0.15) is 39.2 Å². The first-order chi connectivity index (χ1) is 17.6. The average Bonchev–Trinajstić information content (AvgIpc) is 3.65. The van der Waals surface area contributed by atoms with Gasteiger partial charge in [-0.25, -0.2) is 9.40 Å². The van der Waals surface area contributed by atoms with Gasteiger partial charge in [0.25, 0.3) is 5.91 Å². The molecule has 0 radical (unpaired) electrons. The highest BCUT2D eigenvalue weighted by Crippen LogP contribution is 2.42. The molecule has 1 fully saturated rings. The molecule has 0 atom stereocenters. The van der Waals surface area contributed by atoms with E-state index in [1.807, 2.05) is 45.9 Å². The van der Waals surface area contributed by atoms with Crippen molar-refractivity contribution in [2.45, 2.75) is 51.3 Å². The van der Waals surface area contributed by atoms with E-state index in [2.05, 4.69) is 17.9 Å². The first-order valence-corrected chi connectivity index (χ1v) is 12.9. The molecule has 0 spiro atoms. The number of fused-ring (bicyclic) bond motifs is 1. The lowest BCUT2D eigenvalue weighted by atomic mass is 9.96. The Kier molecular flexibility index (Phi) is 7.59. The van der Waals surface area contributed by atoms with E-state index >= 15 is 0 Å². The summed E-state index contributed by atoms with van der Waals surface area (Å²) < 4.78 is 19.6. The van der Waals surface area contributed by atoms with Gasteiger partial charge in [0.15, 0.2) is 0 Å². The molecule has 8 heteroatoms. The fourth-order valence-corrected chi connectivity index (χ4v) is 4.41. The summed E-state index contributed by atoms with van der Waals surface area (Å²) in [6.45, 7) is 7.94. The molecule has 0 bridgehead atoms. The summed E-state index contributed by atoms with van der Waals surface area (Å²) in [5, 5.41) is 17.4. The lowest BCUT2D eigenvalue weighted by molar-refractivity contribution is -0.122. The normalized spacial score (nSPS) is 15.8. The van der Waals surface area contributed by atoms with Gasteiger partial charge in [-0.05, 0) is 88.1 Å². The van der Waals surface area contributed by atoms with E-state index in [0.717, 1.165) is 27.6 Å². The number of aryl methyl sites for hydroxylation is 1. The monoisotopic (exact) mass is 523 g/mol. The number of hydrogen-bond donors (Lipinski definition) is 3. The maximum absolute atomic E-state index is 14.2. The number of halogens is 1. The summed E-state index contributed by atoms with van der Waals surface area (Å²) in [5.74, 6) is 0.104. The van der Waals surface area contributed by atoms with E-state index in [1.54, 1.807) is 41.4 Å².